The van der Waals surface area contributed by atoms with Crippen molar-refractivity contribution in [2.24, 2.45) is 7.05 Å². The van der Waals surface area contributed by atoms with Crippen LogP contribution in [0.2, 0.25) is 0 Å². The summed E-state index contributed by atoms with van der Waals surface area (Å²) in [7, 11) is 1.85. The van der Waals surface area contributed by atoms with Crippen molar-refractivity contribution in [3.8, 4) is 11.4 Å². The summed E-state index contributed by atoms with van der Waals surface area (Å²) in [6.45, 7) is 0.434. The summed E-state index contributed by atoms with van der Waals surface area (Å²) >= 11 is 0. The predicted octanol–water partition coefficient (Wildman–Crippen LogP) is 1.78. The maximum absolute atomic E-state index is 11.8. The average molecular weight is 329 g/mol. The molecule has 3 rings (SSSR count). The van der Waals surface area contributed by atoms with Crippen LogP contribution in [0.25, 0.3) is 11.4 Å². The lowest BCUT2D eigenvalue weighted by Crippen LogP contribution is -2.16. The molecule has 9 heteroatoms. The number of nitro benzene ring substituents is 1. The highest BCUT2D eigenvalue weighted by Gasteiger charge is 2.14. The van der Waals surface area contributed by atoms with Crippen LogP contribution in [0.1, 0.15) is 12.0 Å². The first-order valence-corrected chi connectivity index (χ1v) is 7.33. The molecule has 0 amide bonds. The third-order valence-corrected chi connectivity index (χ3v) is 3.63. The molecule has 0 fully saturated rings. The summed E-state index contributed by atoms with van der Waals surface area (Å²) in [5.41, 5.74) is 1.65. The fraction of sp³-hybridized carbons (Fsp3) is 0.267. The van der Waals surface area contributed by atoms with Crippen LogP contribution in [0.3, 0.4) is 0 Å². The van der Waals surface area contributed by atoms with Gasteiger partial charge in [-0.15, -0.1) is 0 Å². The van der Waals surface area contributed by atoms with Crippen molar-refractivity contribution in [2.75, 3.05) is 0 Å². The Morgan fingerprint density at radius 3 is 2.67 bits per heavy atom. The number of benzene rings is 1. The zero-order valence-electron chi connectivity index (χ0n) is 13.0. The van der Waals surface area contributed by atoms with Gasteiger partial charge < -0.3 is 0 Å². The summed E-state index contributed by atoms with van der Waals surface area (Å²) in [5, 5.41) is 18.6. The van der Waals surface area contributed by atoms with Crippen molar-refractivity contribution in [3.63, 3.8) is 0 Å². The van der Waals surface area contributed by atoms with Gasteiger partial charge in [0.1, 0.15) is 0 Å². The molecule has 0 saturated heterocycles. The van der Waals surface area contributed by atoms with E-state index in [2.05, 4.69) is 10.3 Å². The van der Waals surface area contributed by atoms with Gasteiger partial charge in [-0.05, 0) is 30.5 Å². The Morgan fingerprint density at radius 1 is 1.29 bits per heavy atom. The molecular weight excluding hydrogens is 314 g/mol. The first-order valence-electron chi connectivity index (χ1n) is 7.33. The monoisotopic (exact) mass is 329 g/mol. The fourth-order valence-corrected chi connectivity index (χ4v) is 2.45. The standard InChI is InChI=1S/C15H15N5O4/c1-18-10-11(9-16-18)3-2-8-19-14(17-24-15(19)21)12-4-6-13(7-5-12)20(22)23/h4-7,9-10H,2-3,8H2,1H3. The molecule has 0 atom stereocenters. The molecule has 0 aliphatic rings. The Bertz CT molecular complexity index is 907. The van der Waals surface area contributed by atoms with Gasteiger partial charge in [-0.2, -0.15) is 5.10 Å². The summed E-state index contributed by atoms with van der Waals surface area (Å²) in [5.74, 6) is -0.185. The van der Waals surface area contributed by atoms with Gasteiger partial charge in [0.05, 0.1) is 11.1 Å². The van der Waals surface area contributed by atoms with Gasteiger partial charge in [-0.1, -0.05) is 5.16 Å². The van der Waals surface area contributed by atoms with E-state index in [1.165, 1.54) is 16.7 Å². The number of hydrogen-bond acceptors (Lipinski definition) is 6. The van der Waals surface area contributed by atoms with E-state index in [9.17, 15) is 14.9 Å². The van der Waals surface area contributed by atoms with Crippen LogP contribution in [-0.4, -0.2) is 24.4 Å². The Morgan fingerprint density at radius 2 is 2.04 bits per heavy atom. The molecule has 0 radical (unpaired) electrons. The topological polar surface area (TPSA) is 109 Å². The third kappa shape index (κ3) is 3.24. The predicted molar refractivity (Wildman–Crippen MR) is 84.4 cm³/mol. The van der Waals surface area contributed by atoms with Crippen molar-refractivity contribution in [2.45, 2.75) is 19.4 Å². The highest BCUT2D eigenvalue weighted by Crippen LogP contribution is 2.20. The van der Waals surface area contributed by atoms with E-state index in [0.717, 1.165) is 12.0 Å². The number of non-ortho nitro benzene ring substituents is 1. The number of hydrogen-bond donors (Lipinski definition) is 0. The number of nitro groups is 1. The lowest BCUT2D eigenvalue weighted by Gasteiger charge is -2.04. The summed E-state index contributed by atoms with van der Waals surface area (Å²) < 4.78 is 7.90. The first kappa shape index (κ1) is 15.7. The van der Waals surface area contributed by atoms with E-state index in [1.54, 1.807) is 23.0 Å². The fourth-order valence-electron chi connectivity index (χ4n) is 2.45. The molecule has 2 heterocycles. The van der Waals surface area contributed by atoms with Crippen LogP contribution in [0.5, 0.6) is 0 Å². The lowest BCUT2D eigenvalue weighted by molar-refractivity contribution is -0.384. The number of nitrogens with zero attached hydrogens (tertiary/aromatic N) is 5. The van der Waals surface area contributed by atoms with Gasteiger partial charge >= 0.3 is 5.76 Å². The second-order valence-electron chi connectivity index (χ2n) is 5.35. The van der Waals surface area contributed by atoms with Crippen LogP contribution in [0.15, 0.2) is 46.0 Å². The first-order chi connectivity index (χ1) is 11.5. The van der Waals surface area contributed by atoms with Crippen molar-refractivity contribution < 1.29 is 9.45 Å². The second-order valence-corrected chi connectivity index (χ2v) is 5.35. The van der Waals surface area contributed by atoms with Crippen molar-refractivity contribution in [1.29, 1.82) is 0 Å². The van der Waals surface area contributed by atoms with E-state index in [0.29, 0.717) is 24.4 Å². The van der Waals surface area contributed by atoms with Crippen LogP contribution in [0, 0.1) is 10.1 Å². The Kier molecular flexibility index (Phi) is 4.23. The molecular formula is C15H15N5O4. The normalized spacial score (nSPS) is 10.9. The molecule has 2 aromatic heterocycles. The molecule has 0 unspecified atom stereocenters. The lowest BCUT2D eigenvalue weighted by atomic mass is 10.2. The van der Waals surface area contributed by atoms with Gasteiger partial charge in [0.15, 0.2) is 5.82 Å². The molecule has 0 spiro atoms. The van der Waals surface area contributed by atoms with Crippen LogP contribution < -0.4 is 5.76 Å². The minimum absolute atomic E-state index is 0.0206. The van der Waals surface area contributed by atoms with E-state index in [-0.39, 0.29) is 5.69 Å². The van der Waals surface area contributed by atoms with Gasteiger partial charge in [0.25, 0.3) is 5.69 Å². The molecule has 9 nitrogen and oxygen atoms in total. The molecule has 124 valence electrons. The van der Waals surface area contributed by atoms with Gasteiger partial charge in [-0.3, -0.25) is 23.9 Å². The SMILES string of the molecule is Cn1cc(CCCn2c(-c3ccc([N+](=O)[O-])cc3)noc2=O)cn1. The van der Waals surface area contributed by atoms with Crippen molar-refractivity contribution >= 4 is 5.69 Å². The van der Waals surface area contributed by atoms with E-state index in [1.807, 2.05) is 13.2 Å². The summed E-state index contributed by atoms with van der Waals surface area (Å²) in [4.78, 5) is 22.1. The van der Waals surface area contributed by atoms with E-state index in [4.69, 9.17) is 4.52 Å². The summed E-state index contributed by atoms with van der Waals surface area (Å²) in [6.07, 6.45) is 5.19. The zero-order chi connectivity index (χ0) is 17.1. The molecule has 0 N–H and O–H groups in total. The minimum atomic E-state index is -0.547. The van der Waals surface area contributed by atoms with Crippen LogP contribution in [0.4, 0.5) is 5.69 Å². The largest absolute Gasteiger partial charge is 0.441 e. The Hall–Kier alpha value is -3.23. The molecule has 0 saturated carbocycles. The van der Waals surface area contributed by atoms with Crippen LogP contribution in [-0.2, 0) is 20.0 Å². The van der Waals surface area contributed by atoms with E-state index >= 15 is 0 Å². The quantitative estimate of drug-likeness (QED) is 0.503. The molecule has 1 aromatic carbocycles. The maximum atomic E-state index is 11.8. The molecule has 0 aliphatic heterocycles. The average Bonchev–Trinajstić information content (AvgIpc) is 3.14. The molecule has 3 aromatic rings. The highest BCUT2D eigenvalue weighted by atomic mass is 16.6. The molecule has 0 aliphatic carbocycles. The number of aromatic nitrogens is 4. The highest BCUT2D eigenvalue weighted by molar-refractivity contribution is 5.57. The molecule has 0 bridgehead atoms. The van der Waals surface area contributed by atoms with E-state index < -0.39 is 10.7 Å². The maximum Gasteiger partial charge on any atom is 0.441 e. The minimum Gasteiger partial charge on any atom is -0.295 e. The smallest absolute Gasteiger partial charge is 0.295 e. The van der Waals surface area contributed by atoms with Crippen LogP contribution >= 0.6 is 0 Å². The molecule has 24 heavy (non-hydrogen) atoms. The summed E-state index contributed by atoms with van der Waals surface area (Å²) in [6, 6.07) is 5.84. The van der Waals surface area contributed by atoms with Gasteiger partial charge in [0.2, 0.25) is 0 Å². The zero-order valence-corrected chi connectivity index (χ0v) is 13.0. The van der Waals surface area contributed by atoms with Crippen molar-refractivity contribution in [3.05, 3.63) is 62.9 Å². The van der Waals surface area contributed by atoms with Gasteiger partial charge in [-0.25, -0.2) is 4.79 Å². The van der Waals surface area contributed by atoms with Gasteiger partial charge in [0, 0.05) is 37.5 Å². The Labute approximate surface area is 136 Å². The Balaban J connectivity index is 1.75. The van der Waals surface area contributed by atoms with Crippen molar-refractivity contribution in [1.82, 2.24) is 19.5 Å². The third-order valence-electron chi connectivity index (χ3n) is 3.63. The second kappa shape index (κ2) is 6.49. The number of aryl methyl sites for hydroxylation is 2. The number of rotatable bonds is 6.